The van der Waals surface area contributed by atoms with Gasteiger partial charge in [-0.1, -0.05) is 12.1 Å². The van der Waals surface area contributed by atoms with Crippen molar-refractivity contribution in [3.63, 3.8) is 0 Å². The van der Waals surface area contributed by atoms with E-state index in [0.29, 0.717) is 22.6 Å². The first kappa shape index (κ1) is 18.0. The Morgan fingerprint density at radius 1 is 1.23 bits per heavy atom. The summed E-state index contributed by atoms with van der Waals surface area (Å²) in [6.07, 6.45) is 1.65. The van der Waals surface area contributed by atoms with E-state index in [1.807, 2.05) is 18.2 Å². The molecule has 2 aromatic carbocycles. The van der Waals surface area contributed by atoms with Crippen molar-refractivity contribution in [2.75, 3.05) is 7.11 Å². The van der Waals surface area contributed by atoms with Crippen LogP contribution < -0.4 is 14.2 Å². The van der Waals surface area contributed by atoms with Crippen molar-refractivity contribution in [3.8, 4) is 17.2 Å². The van der Waals surface area contributed by atoms with Gasteiger partial charge in [0.1, 0.15) is 22.6 Å². The number of hydrogen-bond acceptors (Lipinski definition) is 5. The Morgan fingerprint density at radius 2 is 2.00 bits per heavy atom. The van der Waals surface area contributed by atoms with Crippen molar-refractivity contribution in [3.05, 3.63) is 58.8 Å². The lowest BCUT2D eigenvalue weighted by atomic mass is 10.0. The summed E-state index contributed by atoms with van der Waals surface area (Å²) in [5.41, 5.74) is 1.89. The zero-order valence-corrected chi connectivity index (χ0v) is 15.3. The van der Waals surface area contributed by atoms with E-state index < -0.39 is 11.3 Å². The minimum absolute atomic E-state index is 0.200. The Kier molecular flexibility index (Phi) is 5.00. The van der Waals surface area contributed by atoms with Crippen molar-refractivity contribution in [1.82, 2.24) is 0 Å². The number of rotatable bonds is 4. The SMILES string of the molecule is COc1cccc(/C=C2\Oc3cc(OC(=O)C(C)Cl)cc(C)c3C2=O)c1. The number of ether oxygens (including phenoxy) is 3. The highest BCUT2D eigenvalue weighted by Gasteiger charge is 2.30. The molecule has 0 saturated carbocycles. The molecular weight excluding hydrogens is 356 g/mol. The van der Waals surface area contributed by atoms with Gasteiger partial charge in [-0.3, -0.25) is 9.59 Å². The molecule has 0 bridgehead atoms. The molecule has 0 radical (unpaired) electrons. The van der Waals surface area contributed by atoms with E-state index in [0.717, 1.165) is 5.56 Å². The zero-order valence-electron chi connectivity index (χ0n) is 14.5. The van der Waals surface area contributed by atoms with Crippen molar-refractivity contribution in [1.29, 1.82) is 0 Å². The molecule has 0 amide bonds. The van der Waals surface area contributed by atoms with Gasteiger partial charge in [0.25, 0.3) is 0 Å². The molecule has 1 aliphatic heterocycles. The minimum atomic E-state index is -0.769. The number of ketones is 1. The fourth-order valence-corrected chi connectivity index (χ4v) is 2.66. The van der Waals surface area contributed by atoms with Crippen LogP contribution in [0.15, 0.2) is 42.2 Å². The monoisotopic (exact) mass is 372 g/mol. The highest BCUT2D eigenvalue weighted by molar-refractivity contribution is 6.29. The van der Waals surface area contributed by atoms with Crippen LogP contribution in [-0.2, 0) is 4.79 Å². The third-order valence-electron chi connectivity index (χ3n) is 3.88. The van der Waals surface area contributed by atoms with E-state index in [9.17, 15) is 9.59 Å². The van der Waals surface area contributed by atoms with E-state index in [4.69, 9.17) is 25.8 Å². The first-order valence-corrected chi connectivity index (χ1v) is 8.41. The van der Waals surface area contributed by atoms with Crippen LogP contribution in [0.4, 0.5) is 0 Å². The highest BCUT2D eigenvalue weighted by atomic mass is 35.5. The molecule has 6 heteroatoms. The predicted octanol–water partition coefficient (Wildman–Crippen LogP) is 4.15. The number of fused-ring (bicyclic) bond motifs is 1. The number of esters is 1. The first-order valence-electron chi connectivity index (χ1n) is 7.97. The molecule has 0 saturated heterocycles. The van der Waals surface area contributed by atoms with Crippen molar-refractivity contribution in [2.45, 2.75) is 19.2 Å². The van der Waals surface area contributed by atoms with Crippen LogP contribution in [-0.4, -0.2) is 24.2 Å². The van der Waals surface area contributed by atoms with E-state index in [2.05, 4.69) is 0 Å². The predicted molar refractivity (Wildman–Crippen MR) is 98.1 cm³/mol. The minimum Gasteiger partial charge on any atom is -0.497 e. The number of benzene rings is 2. The normalized spacial score (nSPS) is 15.4. The molecule has 1 atom stereocenters. The molecule has 5 nitrogen and oxygen atoms in total. The molecule has 3 rings (SSSR count). The summed E-state index contributed by atoms with van der Waals surface area (Å²) in [5, 5.41) is -0.769. The zero-order chi connectivity index (χ0) is 18.8. The molecular formula is C20H17ClO5. The largest absolute Gasteiger partial charge is 0.497 e. The average Bonchev–Trinajstić information content (AvgIpc) is 2.91. The van der Waals surface area contributed by atoms with Gasteiger partial charge in [-0.15, -0.1) is 11.6 Å². The van der Waals surface area contributed by atoms with Gasteiger partial charge in [0.15, 0.2) is 5.76 Å². The molecule has 0 fully saturated rings. The second-order valence-electron chi connectivity index (χ2n) is 5.87. The van der Waals surface area contributed by atoms with Crippen LogP contribution in [0.2, 0.25) is 0 Å². The molecule has 0 aliphatic carbocycles. The molecule has 134 valence electrons. The summed E-state index contributed by atoms with van der Waals surface area (Å²) in [4.78, 5) is 24.3. The Morgan fingerprint density at radius 3 is 2.69 bits per heavy atom. The number of Topliss-reactive ketones (excluding diaryl/α,β-unsaturated/α-hetero) is 1. The van der Waals surface area contributed by atoms with Crippen LogP contribution in [0.1, 0.15) is 28.4 Å². The van der Waals surface area contributed by atoms with Gasteiger partial charge in [0, 0.05) is 6.07 Å². The fraction of sp³-hybridized carbons (Fsp3) is 0.200. The molecule has 1 unspecified atom stereocenters. The van der Waals surface area contributed by atoms with Crippen molar-refractivity contribution >= 4 is 29.4 Å². The average molecular weight is 373 g/mol. The Bertz CT molecular complexity index is 914. The van der Waals surface area contributed by atoms with Crippen molar-refractivity contribution < 1.29 is 23.8 Å². The van der Waals surface area contributed by atoms with Crippen molar-refractivity contribution in [2.24, 2.45) is 0 Å². The number of methoxy groups -OCH3 is 1. The summed E-state index contributed by atoms with van der Waals surface area (Å²) in [5.74, 6) is 0.739. The highest BCUT2D eigenvalue weighted by Crippen LogP contribution is 2.37. The topological polar surface area (TPSA) is 61.8 Å². The van der Waals surface area contributed by atoms with Gasteiger partial charge in [-0.2, -0.15) is 0 Å². The molecule has 0 spiro atoms. The second kappa shape index (κ2) is 7.22. The summed E-state index contributed by atoms with van der Waals surface area (Å²) in [6.45, 7) is 3.29. The van der Waals surface area contributed by atoms with Gasteiger partial charge >= 0.3 is 5.97 Å². The third-order valence-corrected chi connectivity index (χ3v) is 4.06. The Hall–Kier alpha value is -2.79. The summed E-state index contributed by atoms with van der Waals surface area (Å²) in [7, 11) is 1.58. The maximum Gasteiger partial charge on any atom is 0.329 e. The molecule has 1 aliphatic rings. The standard InChI is InChI=1S/C20H17ClO5/c1-11-7-15(25-20(23)12(2)21)10-16-18(11)19(22)17(26-16)9-13-5-4-6-14(8-13)24-3/h4-10,12H,1-3H3/b17-9-. The number of halogens is 1. The quantitative estimate of drug-likeness (QED) is 0.349. The molecule has 0 N–H and O–H groups in total. The van der Waals surface area contributed by atoms with Gasteiger partial charge in [0.2, 0.25) is 5.78 Å². The smallest absolute Gasteiger partial charge is 0.329 e. The summed E-state index contributed by atoms with van der Waals surface area (Å²) in [6, 6.07) is 10.4. The maximum atomic E-state index is 12.7. The van der Waals surface area contributed by atoms with Crippen LogP contribution in [0.3, 0.4) is 0 Å². The van der Waals surface area contributed by atoms with E-state index in [1.54, 1.807) is 32.2 Å². The Labute approximate surface area is 156 Å². The van der Waals surface area contributed by atoms with Crippen LogP contribution >= 0.6 is 11.6 Å². The lowest BCUT2D eigenvalue weighted by molar-refractivity contribution is -0.133. The van der Waals surface area contributed by atoms with Gasteiger partial charge in [-0.05, 0) is 49.2 Å². The second-order valence-corrected chi connectivity index (χ2v) is 6.52. The number of hydrogen-bond donors (Lipinski definition) is 0. The van der Waals surface area contributed by atoms with Gasteiger partial charge in [-0.25, -0.2) is 0 Å². The molecule has 2 aromatic rings. The molecule has 1 heterocycles. The Balaban J connectivity index is 1.92. The number of carbonyl (C=O) groups is 2. The summed E-state index contributed by atoms with van der Waals surface area (Å²) < 4.78 is 16.1. The van der Waals surface area contributed by atoms with Gasteiger partial charge in [0.05, 0.1) is 12.7 Å². The lowest BCUT2D eigenvalue weighted by Gasteiger charge is -2.08. The first-order chi connectivity index (χ1) is 12.4. The van der Waals surface area contributed by atoms with E-state index >= 15 is 0 Å². The molecule has 26 heavy (non-hydrogen) atoms. The molecule has 0 aromatic heterocycles. The van der Waals surface area contributed by atoms with E-state index in [-0.39, 0.29) is 17.3 Å². The van der Waals surface area contributed by atoms with E-state index in [1.165, 1.54) is 13.0 Å². The number of carbonyl (C=O) groups excluding carboxylic acids is 2. The summed E-state index contributed by atoms with van der Waals surface area (Å²) >= 11 is 5.72. The number of aryl methyl sites for hydroxylation is 1. The van der Waals surface area contributed by atoms with Crippen LogP contribution in [0.25, 0.3) is 6.08 Å². The third kappa shape index (κ3) is 3.58. The van der Waals surface area contributed by atoms with Crippen LogP contribution in [0, 0.1) is 6.92 Å². The number of alkyl halides is 1. The maximum absolute atomic E-state index is 12.7. The lowest BCUT2D eigenvalue weighted by Crippen LogP contribution is -2.17. The number of allylic oxidation sites excluding steroid dienone is 1. The van der Waals surface area contributed by atoms with Crippen LogP contribution in [0.5, 0.6) is 17.2 Å². The van der Waals surface area contributed by atoms with Gasteiger partial charge < -0.3 is 14.2 Å². The fourth-order valence-electron chi connectivity index (χ4n) is 2.62.